The van der Waals surface area contributed by atoms with Crippen LogP contribution in [0.2, 0.25) is 0 Å². The largest absolute Gasteiger partial charge is 0.342 e. The molecule has 0 spiro atoms. The van der Waals surface area contributed by atoms with Gasteiger partial charge in [-0.05, 0) is 39.8 Å². The van der Waals surface area contributed by atoms with E-state index in [0.29, 0.717) is 24.7 Å². The second-order valence-electron chi connectivity index (χ2n) is 5.51. The summed E-state index contributed by atoms with van der Waals surface area (Å²) in [6.07, 6.45) is 4.84. The van der Waals surface area contributed by atoms with Gasteiger partial charge in [-0.15, -0.1) is 0 Å². The van der Waals surface area contributed by atoms with Gasteiger partial charge in [-0.2, -0.15) is 0 Å². The van der Waals surface area contributed by atoms with Gasteiger partial charge in [0.2, 0.25) is 5.91 Å². The van der Waals surface area contributed by atoms with Crippen molar-refractivity contribution in [2.45, 2.75) is 43.8 Å². The third-order valence-electron chi connectivity index (χ3n) is 3.84. The number of likely N-dealkylation sites (N-methyl/N-ethyl adjacent to an activating group) is 2. The molecule has 0 radical (unpaired) electrons. The van der Waals surface area contributed by atoms with Crippen LogP contribution in [0.4, 0.5) is 0 Å². The van der Waals surface area contributed by atoms with Crippen LogP contribution >= 0.6 is 0 Å². The fraction of sp³-hybridized carbons (Fsp3) is 0.917. The third-order valence-corrected chi connectivity index (χ3v) is 3.84. The summed E-state index contributed by atoms with van der Waals surface area (Å²) < 4.78 is 0. The van der Waals surface area contributed by atoms with Crippen LogP contribution in [-0.2, 0) is 4.79 Å². The van der Waals surface area contributed by atoms with E-state index in [4.69, 9.17) is 0 Å². The number of amides is 1. The Hall–Kier alpha value is -0.610. The molecule has 0 aliphatic carbocycles. The number of nitrogens with one attached hydrogen (secondary N) is 1. The van der Waals surface area contributed by atoms with E-state index < -0.39 is 0 Å². The molecule has 2 aliphatic heterocycles. The first-order valence-corrected chi connectivity index (χ1v) is 6.22. The maximum atomic E-state index is 12.0. The van der Waals surface area contributed by atoms with Gasteiger partial charge in [-0.1, -0.05) is 0 Å². The summed E-state index contributed by atoms with van der Waals surface area (Å²) in [4.78, 5) is 15.9. The number of hydrogen-bond acceptors (Lipinski definition) is 3. The van der Waals surface area contributed by atoms with Crippen LogP contribution in [0.15, 0.2) is 0 Å². The molecule has 16 heavy (non-hydrogen) atoms. The lowest BCUT2D eigenvalue weighted by Gasteiger charge is -2.36. The van der Waals surface area contributed by atoms with Crippen molar-refractivity contribution in [1.29, 1.82) is 0 Å². The molecule has 4 heteroatoms. The Balaban J connectivity index is 1.89. The average molecular weight is 225 g/mol. The molecule has 2 unspecified atom stereocenters. The van der Waals surface area contributed by atoms with Gasteiger partial charge in [-0.25, -0.2) is 0 Å². The molecular formula is C12H23N3O. The van der Waals surface area contributed by atoms with Crippen molar-refractivity contribution >= 4 is 5.91 Å². The second-order valence-corrected chi connectivity index (χ2v) is 5.51. The van der Waals surface area contributed by atoms with E-state index in [2.05, 4.69) is 5.32 Å². The van der Waals surface area contributed by atoms with Crippen molar-refractivity contribution in [3.63, 3.8) is 0 Å². The Morgan fingerprint density at radius 1 is 1.19 bits per heavy atom. The maximum absolute atomic E-state index is 12.0. The monoisotopic (exact) mass is 225 g/mol. The zero-order valence-electron chi connectivity index (χ0n) is 10.6. The summed E-state index contributed by atoms with van der Waals surface area (Å²) in [6.45, 7) is 0.524. The van der Waals surface area contributed by atoms with Crippen LogP contribution in [0.25, 0.3) is 0 Å². The molecule has 1 amide bonds. The Labute approximate surface area is 98.0 Å². The molecule has 0 aromatic heterocycles. The van der Waals surface area contributed by atoms with E-state index in [1.54, 1.807) is 0 Å². The fourth-order valence-electron chi connectivity index (χ4n) is 2.93. The number of hydrogen-bond donors (Lipinski definition) is 1. The van der Waals surface area contributed by atoms with Gasteiger partial charge in [0.1, 0.15) is 0 Å². The zero-order valence-corrected chi connectivity index (χ0v) is 10.6. The molecule has 92 valence electrons. The summed E-state index contributed by atoms with van der Waals surface area (Å²) in [6, 6.07) is 1.75. The van der Waals surface area contributed by atoms with Crippen molar-refractivity contribution < 1.29 is 4.79 Å². The Kier molecular flexibility index (Phi) is 3.50. The minimum atomic E-state index is 0.247. The number of fused-ring (bicyclic) bond motifs is 2. The maximum Gasteiger partial charge on any atom is 0.236 e. The van der Waals surface area contributed by atoms with Crippen molar-refractivity contribution in [2.75, 3.05) is 27.7 Å². The lowest BCUT2D eigenvalue weighted by Crippen LogP contribution is -2.50. The Morgan fingerprint density at radius 3 is 2.25 bits per heavy atom. The predicted molar refractivity (Wildman–Crippen MR) is 64.3 cm³/mol. The highest BCUT2D eigenvalue weighted by atomic mass is 16.2. The van der Waals surface area contributed by atoms with Gasteiger partial charge in [0.25, 0.3) is 0 Å². The third kappa shape index (κ3) is 2.55. The first kappa shape index (κ1) is 11.9. The molecule has 4 nitrogen and oxygen atoms in total. The number of carbonyl (C=O) groups is 1. The van der Waals surface area contributed by atoms with Crippen molar-refractivity contribution in [3.05, 3.63) is 0 Å². The molecule has 2 aliphatic rings. The predicted octanol–water partition coefficient (Wildman–Crippen LogP) is 0.289. The minimum Gasteiger partial charge on any atom is -0.342 e. The summed E-state index contributed by atoms with van der Waals surface area (Å²) in [5, 5.41) is 3.61. The highest BCUT2D eigenvalue weighted by molar-refractivity contribution is 5.78. The number of rotatable bonds is 3. The van der Waals surface area contributed by atoms with Crippen molar-refractivity contribution in [3.8, 4) is 0 Å². The zero-order chi connectivity index (χ0) is 11.7. The molecule has 2 fully saturated rings. The van der Waals surface area contributed by atoms with Crippen LogP contribution in [0.5, 0.6) is 0 Å². The molecule has 0 saturated carbocycles. The van der Waals surface area contributed by atoms with Gasteiger partial charge in [-0.3, -0.25) is 4.79 Å². The van der Waals surface area contributed by atoms with Gasteiger partial charge in [0.15, 0.2) is 0 Å². The minimum absolute atomic E-state index is 0.247. The smallest absolute Gasteiger partial charge is 0.236 e. The number of nitrogens with zero attached hydrogens (tertiary/aromatic N) is 2. The Bertz CT molecular complexity index is 255. The first-order chi connectivity index (χ1) is 7.56. The topological polar surface area (TPSA) is 35.6 Å². The SMILES string of the molecule is CN(C)CC(=O)N(C)C1CC2CCC(C1)N2. The van der Waals surface area contributed by atoms with Crippen LogP contribution < -0.4 is 5.32 Å². The summed E-state index contributed by atoms with van der Waals surface area (Å²) in [7, 11) is 5.84. The first-order valence-electron chi connectivity index (χ1n) is 6.22. The Morgan fingerprint density at radius 2 is 1.75 bits per heavy atom. The second kappa shape index (κ2) is 4.72. The van der Waals surface area contributed by atoms with E-state index in [1.807, 2.05) is 30.9 Å². The molecule has 0 aromatic rings. The standard InChI is InChI=1S/C12H23N3O/c1-14(2)8-12(16)15(3)11-6-9-4-5-10(7-11)13-9/h9-11,13H,4-8H2,1-3H3. The van der Waals surface area contributed by atoms with Gasteiger partial charge >= 0.3 is 0 Å². The van der Waals surface area contributed by atoms with Gasteiger partial charge < -0.3 is 15.1 Å². The van der Waals surface area contributed by atoms with E-state index in [0.717, 1.165) is 12.8 Å². The van der Waals surface area contributed by atoms with E-state index in [1.165, 1.54) is 12.8 Å². The molecule has 0 aromatic carbocycles. The van der Waals surface area contributed by atoms with Crippen LogP contribution in [0.1, 0.15) is 25.7 Å². The average Bonchev–Trinajstić information content (AvgIpc) is 2.55. The highest BCUT2D eigenvalue weighted by Crippen LogP contribution is 2.29. The molecule has 2 bridgehead atoms. The van der Waals surface area contributed by atoms with Crippen LogP contribution in [0.3, 0.4) is 0 Å². The van der Waals surface area contributed by atoms with E-state index in [-0.39, 0.29) is 5.91 Å². The summed E-state index contributed by atoms with van der Waals surface area (Å²) in [5.41, 5.74) is 0. The van der Waals surface area contributed by atoms with E-state index >= 15 is 0 Å². The van der Waals surface area contributed by atoms with Crippen LogP contribution in [0, 0.1) is 0 Å². The summed E-state index contributed by atoms with van der Waals surface area (Å²) >= 11 is 0. The molecule has 2 saturated heterocycles. The fourth-order valence-corrected chi connectivity index (χ4v) is 2.93. The van der Waals surface area contributed by atoms with Crippen molar-refractivity contribution in [1.82, 2.24) is 15.1 Å². The normalized spacial score (nSPS) is 33.1. The molecule has 2 atom stereocenters. The quantitative estimate of drug-likeness (QED) is 0.750. The van der Waals surface area contributed by atoms with Crippen molar-refractivity contribution in [2.24, 2.45) is 0 Å². The summed E-state index contributed by atoms with van der Waals surface area (Å²) in [5.74, 6) is 0.247. The van der Waals surface area contributed by atoms with E-state index in [9.17, 15) is 4.79 Å². The van der Waals surface area contributed by atoms with Crippen LogP contribution in [-0.4, -0.2) is 61.5 Å². The molecule has 1 N–H and O–H groups in total. The highest BCUT2D eigenvalue weighted by Gasteiger charge is 2.36. The number of carbonyl (C=O) groups excluding carboxylic acids is 1. The van der Waals surface area contributed by atoms with Gasteiger partial charge in [0.05, 0.1) is 6.54 Å². The molecular weight excluding hydrogens is 202 g/mol. The number of piperidine rings is 1. The molecule has 2 heterocycles. The molecule has 2 rings (SSSR count). The lowest BCUT2D eigenvalue weighted by molar-refractivity contribution is -0.133. The van der Waals surface area contributed by atoms with Gasteiger partial charge in [0, 0.05) is 25.2 Å². The lowest BCUT2D eigenvalue weighted by atomic mass is 9.98.